The lowest BCUT2D eigenvalue weighted by molar-refractivity contribution is -0.386. The van der Waals surface area contributed by atoms with Crippen molar-refractivity contribution in [3.63, 3.8) is 0 Å². The van der Waals surface area contributed by atoms with Crippen LogP contribution in [-0.4, -0.2) is 4.92 Å². The average molecular weight is 337 g/mol. The minimum atomic E-state index is -0.463. The summed E-state index contributed by atoms with van der Waals surface area (Å²) in [6.07, 6.45) is 0. The summed E-state index contributed by atoms with van der Waals surface area (Å²) in [5.41, 5.74) is 7.04. The van der Waals surface area contributed by atoms with Gasteiger partial charge in [0.25, 0.3) is 0 Å². The Bertz CT molecular complexity index is 632. The molecule has 0 saturated heterocycles. The van der Waals surface area contributed by atoms with E-state index in [1.54, 1.807) is 12.1 Å². The van der Waals surface area contributed by atoms with Crippen molar-refractivity contribution in [3.05, 3.63) is 68.2 Å². The summed E-state index contributed by atoms with van der Waals surface area (Å²) < 4.78 is 6.47. The van der Waals surface area contributed by atoms with E-state index in [0.717, 1.165) is 10.0 Å². The predicted molar refractivity (Wildman–Crippen MR) is 79.5 cm³/mol. The molecule has 0 heterocycles. The van der Waals surface area contributed by atoms with Crippen molar-refractivity contribution in [1.29, 1.82) is 0 Å². The number of rotatable bonds is 5. The molecule has 20 heavy (non-hydrogen) atoms. The smallest absolute Gasteiger partial charge is 0.311 e. The van der Waals surface area contributed by atoms with E-state index < -0.39 is 4.92 Å². The second-order valence-electron chi connectivity index (χ2n) is 4.18. The zero-order chi connectivity index (χ0) is 14.5. The lowest BCUT2D eigenvalue weighted by atomic mass is 10.2. The number of ether oxygens (including phenoxy) is 1. The van der Waals surface area contributed by atoms with E-state index in [9.17, 15) is 10.1 Å². The van der Waals surface area contributed by atoms with Gasteiger partial charge in [-0.15, -0.1) is 0 Å². The van der Waals surface area contributed by atoms with Crippen molar-refractivity contribution in [3.8, 4) is 5.75 Å². The molecule has 5 nitrogen and oxygen atoms in total. The van der Waals surface area contributed by atoms with E-state index >= 15 is 0 Å². The third-order valence-electron chi connectivity index (χ3n) is 2.74. The number of benzene rings is 2. The Morgan fingerprint density at radius 2 is 2.00 bits per heavy atom. The van der Waals surface area contributed by atoms with Crippen molar-refractivity contribution < 1.29 is 9.66 Å². The van der Waals surface area contributed by atoms with Gasteiger partial charge in [0.2, 0.25) is 0 Å². The van der Waals surface area contributed by atoms with Crippen molar-refractivity contribution in [1.82, 2.24) is 0 Å². The van der Waals surface area contributed by atoms with Gasteiger partial charge in [-0.1, -0.05) is 34.1 Å². The molecule has 2 rings (SSSR count). The molecular formula is C14H13BrN2O3. The molecule has 0 radical (unpaired) electrons. The van der Waals surface area contributed by atoms with Gasteiger partial charge in [0, 0.05) is 17.1 Å². The summed E-state index contributed by atoms with van der Waals surface area (Å²) in [6.45, 7) is 0.523. The van der Waals surface area contributed by atoms with Gasteiger partial charge in [-0.05, 0) is 29.3 Å². The first-order valence-corrected chi connectivity index (χ1v) is 6.74. The van der Waals surface area contributed by atoms with E-state index in [2.05, 4.69) is 15.9 Å². The summed E-state index contributed by atoms with van der Waals surface area (Å²) in [5.74, 6) is 0.243. The summed E-state index contributed by atoms with van der Waals surface area (Å²) in [5, 5.41) is 11.0. The van der Waals surface area contributed by atoms with E-state index in [1.807, 2.05) is 24.3 Å². The first kappa shape index (κ1) is 14.5. The van der Waals surface area contributed by atoms with E-state index in [0.29, 0.717) is 5.56 Å². The van der Waals surface area contributed by atoms with Crippen LogP contribution < -0.4 is 10.5 Å². The van der Waals surface area contributed by atoms with Crippen LogP contribution >= 0.6 is 15.9 Å². The van der Waals surface area contributed by atoms with E-state index in [4.69, 9.17) is 10.5 Å². The van der Waals surface area contributed by atoms with Gasteiger partial charge in [0.15, 0.2) is 5.75 Å². The molecule has 0 aromatic heterocycles. The quantitative estimate of drug-likeness (QED) is 0.670. The normalized spacial score (nSPS) is 10.3. The fourth-order valence-electron chi connectivity index (χ4n) is 1.74. The molecular weight excluding hydrogens is 324 g/mol. The Morgan fingerprint density at radius 3 is 2.65 bits per heavy atom. The van der Waals surface area contributed by atoms with Crippen LogP contribution in [0.5, 0.6) is 5.75 Å². The molecule has 0 atom stereocenters. The maximum absolute atomic E-state index is 11.0. The van der Waals surface area contributed by atoms with Crippen LogP contribution in [0.25, 0.3) is 0 Å². The largest absolute Gasteiger partial charge is 0.482 e. The third kappa shape index (κ3) is 3.55. The Hall–Kier alpha value is -1.92. The second-order valence-corrected chi connectivity index (χ2v) is 5.10. The molecule has 0 fully saturated rings. The summed E-state index contributed by atoms with van der Waals surface area (Å²) in [4.78, 5) is 10.6. The number of hydrogen-bond donors (Lipinski definition) is 1. The van der Waals surface area contributed by atoms with Gasteiger partial charge < -0.3 is 10.5 Å². The fraction of sp³-hybridized carbons (Fsp3) is 0.143. The summed E-state index contributed by atoms with van der Waals surface area (Å²) in [6, 6.07) is 12.3. The Labute approximate surface area is 124 Å². The number of nitro groups is 1. The topological polar surface area (TPSA) is 78.4 Å². The van der Waals surface area contributed by atoms with Gasteiger partial charge in [0.05, 0.1) is 4.92 Å². The van der Waals surface area contributed by atoms with Gasteiger partial charge in [-0.25, -0.2) is 0 Å². The second kappa shape index (κ2) is 6.49. The molecule has 0 spiro atoms. The van der Waals surface area contributed by atoms with Crippen molar-refractivity contribution in [2.24, 2.45) is 5.73 Å². The van der Waals surface area contributed by atoms with E-state index in [1.165, 1.54) is 6.07 Å². The van der Waals surface area contributed by atoms with Crippen molar-refractivity contribution >= 4 is 21.6 Å². The maximum Gasteiger partial charge on any atom is 0.311 e. The minimum absolute atomic E-state index is 0.0667. The highest BCUT2D eigenvalue weighted by molar-refractivity contribution is 9.10. The molecule has 2 N–H and O–H groups in total. The Morgan fingerprint density at radius 1 is 1.20 bits per heavy atom. The van der Waals surface area contributed by atoms with E-state index in [-0.39, 0.29) is 24.6 Å². The fourth-order valence-corrected chi connectivity index (χ4v) is 2.19. The molecule has 0 aliphatic heterocycles. The maximum atomic E-state index is 11.0. The van der Waals surface area contributed by atoms with Crippen LogP contribution in [0.3, 0.4) is 0 Å². The van der Waals surface area contributed by atoms with Crippen LogP contribution in [0.1, 0.15) is 11.1 Å². The SMILES string of the molecule is NCc1ccc(OCc2cccc(Br)c2)c([N+](=O)[O-])c1. The highest BCUT2D eigenvalue weighted by Crippen LogP contribution is 2.28. The molecule has 0 aliphatic carbocycles. The molecule has 0 saturated carbocycles. The molecule has 2 aromatic rings. The van der Waals surface area contributed by atoms with Crippen LogP contribution in [0, 0.1) is 10.1 Å². The van der Waals surface area contributed by atoms with Crippen molar-refractivity contribution in [2.45, 2.75) is 13.2 Å². The lowest BCUT2D eigenvalue weighted by Crippen LogP contribution is -2.02. The van der Waals surface area contributed by atoms with Crippen LogP contribution in [0.2, 0.25) is 0 Å². The minimum Gasteiger partial charge on any atom is -0.482 e. The highest BCUT2D eigenvalue weighted by atomic mass is 79.9. The molecule has 2 aromatic carbocycles. The summed E-state index contributed by atoms with van der Waals surface area (Å²) in [7, 11) is 0. The standard InChI is InChI=1S/C14H13BrN2O3/c15-12-3-1-2-11(6-12)9-20-14-5-4-10(8-16)7-13(14)17(18)19/h1-7H,8-9,16H2. The number of nitrogens with zero attached hydrogens (tertiary/aromatic N) is 1. The van der Waals surface area contributed by atoms with Crippen LogP contribution in [0.15, 0.2) is 46.9 Å². The first-order valence-electron chi connectivity index (χ1n) is 5.95. The number of nitro benzene ring substituents is 1. The van der Waals surface area contributed by atoms with Gasteiger partial charge in [-0.3, -0.25) is 10.1 Å². The highest BCUT2D eigenvalue weighted by Gasteiger charge is 2.15. The molecule has 0 aliphatic rings. The lowest BCUT2D eigenvalue weighted by Gasteiger charge is -2.08. The molecule has 0 unspecified atom stereocenters. The molecule has 0 amide bonds. The molecule has 6 heteroatoms. The Kier molecular flexibility index (Phi) is 4.70. The number of halogens is 1. The van der Waals surface area contributed by atoms with Gasteiger partial charge >= 0.3 is 5.69 Å². The van der Waals surface area contributed by atoms with Crippen LogP contribution in [0.4, 0.5) is 5.69 Å². The number of hydrogen-bond acceptors (Lipinski definition) is 4. The third-order valence-corrected chi connectivity index (χ3v) is 3.23. The molecule has 104 valence electrons. The first-order chi connectivity index (χ1) is 9.60. The van der Waals surface area contributed by atoms with Gasteiger partial charge in [0.1, 0.15) is 6.61 Å². The van der Waals surface area contributed by atoms with Gasteiger partial charge in [-0.2, -0.15) is 0 Å². The molecule has 0 bridgehead atoms. The van der Waals surface area contributed by atoms with Crippen molar-refractivity contribution in [2.75, 3.05) is 0 Å². The monoisotopic (exact) mass is 336 g/mol. The zero-order valence-electron chi connectivity index (χ0n) is 10.6. The number of nitrogens with two attached hydrogens (primary N) is 1. The zero-order valence-corrected chi connectivity index (χ0v) is 12.2. The summed E-state index contributed by atoms with van der Waals surface area (Å²) >= 11 is 3.37. The average Bonchev–Trinajstić information content (AvgIpc) is 2.45. The predicted octanol–water partition coefficient (Wildman–Crippen LogP) is 3.40. The Balaban J connectivity index is 2.18. The van der Waals surface area contributed by atoms with Crippen LogP contribution in [-0.2, 0) is 13.2 Å².